The minimum atomic E-state index is -0.954. The maximum Gasteiger partial charge on any atom is 0.303 e. The summed E-state index contributed by atoms with van der Waals surface area (Å²) in [6.45, 7) is 3.77. The van der Waals surface area contributed by atoms with Crippen LogP contribution in [0.1, 0.15) is 26.3 Å². The van der Waals surface area contributed by atoms with Crippen LogP contribution >= 0.6 is 22.6 Å². The third-order valence-electron chi connectivity index (χ3n) is 4.18. The lowest BCUT2D eigenvalue weighted by Crippen LogP contribution is -2.59. The molecule has 5 atom stereocenters. The summed E-state index contributed by atoms with van der Waals surface area (Å²) in [4.78, 5) is 34.6. The maximum atomic E-state index is 11.7. The Bertz CT molecular complexity index is 754. The summed E-state index contributed by atoms with van der Waals surface area (Å²) in [5, 5.41) is 0. The summed E-state index contributed by atoms with van der Waals surface area (Å²) in [7, 11) is 1.57. The van der Waals surface area contributed by atoms with Gasteiger partial charge < -0.3 is 28.4 Å². The summed E-state index contributed by atoms with van der Waals surface area (Å²) in [6, 6.07) is 7.35. The molecule has 2 rings (SSSR count). The molecule has 9 nitrogen and oxygen atoms in total. The molecule has 1 fully saturated rings. The number of hydrogen-bond donors (Lipinski definition) is 0. The fourth-order valence-corrected chi connectivity index (χ4v) is 3.87. The van der Waals surface area contributed by atoms with Crippen molar-refractivity contribution in [1.82, 2.24) is 0 Å². The van der Waals surface area contributed by atoms with Crippen LogP contribution in [0.5, 0.6) is 5.75 Å². The molecule has 1 aliphatic rings. The molecule has 1 aromatic carbocycles. The van der Waals surface area contributed by atoms with Crippen LogP contribution in [0.15, 0.2) is 24.3 Å². The van der Waals surface area contributed by atoms with E-state index in [4.69, 9.17) is 28.4 Å². The molecular weight excluding hydrogens is 511 g/mol. The van der Waals surface area contributed by atoms with Crippen molar-refractivity contribution in [3.05, 3.63) is 29.8 Å². The van der Waals surface area contributed by atoms with Crippen LogP contribution in [0.2, 0.25) is 0 Å². The number of benzene rings is 1. The summed E-state index contributed by atoms with van der Waals surface area (Å²) in [6.07, 6.45) is -3.49. The van der Waals surface area contributed by atoms with Crippen molar-refractivity contribution in [3.8, 4) is 5.75 Å². The molecule has 0 radical (unpaired) electrons. The first-order valence-corrected chi connectivity index (χ1v) is 10.5. The first-order valence-electron chi connectivity index (χ1n) is 9.23. The second-order valence-electron chi connectivity index (χ2n) is 6.60. The predicted molar refractivity (Wildman–Crippen MR) is 112 cm³/mol. The molecule has 10 heteroatoms. The molecule has 0 aliphatic carbocycles. The second-order valence-corrected chi connectivity index (χ2v) is 8.04. The Hall–Kier alpha value is -1.92. The molecule has 0 N–H and O–H groups in total. The number of methoxy groups -OCH3 is 1. The van der Waals surface area contributed by atoms with Crippen molar-refractivity contribution in [3.63, 3.8) is 0 Å². The molecule has 1 aromatic rings. The molecule has 30 heavy (non-hydrogen) atoms. The number of rotatable bonds is 8. The Morgan fingerprint density at radius 3 is 2.30 bits per heavy atom. The second kappa shape index (κ2) is 11.5. The lowest BCUT2D eigenvalue weighted by Gasteiger charge is -2.43. The largest absolute Gasteiger partial charge is 0.497 e. The van der Waals surface area contributed by atoms with Crippen molar-refractivity contribution in [2.45, 2.75) is 55.9 Å². The highest BCUT2D eigenvalue weighted by atomic mass is 127. The monoisotopic (exact) mass is 536 g/mol. The van der Waals surface area contributed by atoms with Gasteiger partial charge in [-0.15, -0.1) is 0 Å². The fraction of sp³-hybridized carbons (Fsp3) is 0.550. The van der Waals surface area contributed by atoms with Gasteiger partial charge in [0.1, 0.15) is 22.4 Å². The predicted octanol–water partition coefficient (Wildman–Crippen LogP) is 2.17. The molecule has 1 heterocycles. The first kappa shape index (κ1) is 24.4. The van der Waals surface area contributed by atoms with Gasteiger partial charge in [0.2, 0.25) is 0 Å². The van der Waals surface area contributed by atoms with E-state index in [0.29, 0.717) is 5.75 Å². The molecule has 1 saturated heterocycles. The summed E-state index contributed by atoms with van der Waals surface area (Å²) >= 11 is 2.03. The highest BCUT2D eigenvalue weighted by Crippen LogP contribution is 2.33. The average Bonchev–Trinajstić information content (AvgIpc) is 2.68. The number of carbonyl (C=O) groups excluding carboxylic acids is 3. The van der Waals surface area contributed by atoms with Gasteiger partial charge >= 0.3 is 17.9 Å². The van der Waals surface area contributed by atoms with Gasteiger partial charge in [-0.1, -0.05) is 34.7 Å². The number of alkyl halides is 1. The number of ether oxygens (including phenoxy) is 6. The minimum Gasteiger partial charge on any atom is -0.497 e. The van der Waals surface area contributed by atoms with Gasteiger partial charge in [0.25, 0.3) is 0 Å². The van der Waals surface area contributed by atoms with Gasteiger partial charge in [0.05, 0.1) is 13.7 Å². The topological polar surface area (TPSA) is 107 Å². The zero-order chi connectivity index (χ0) is 22.3. The smallest absolute Gasteiger partial charge is 0.303 e. The van der Waals surface area contributed by atoms with Crippen LogP contribution in [0.3, 0.4) is 0 Å². The van der Waals surface area contributed by atoms with E-state index in [1.54, 1.807) is 7.11 Å². The van der Waals surface area contributed by atoms with Gasteiger partial charge in [0, 0.05) is 20.8 Å². The molecule has 0 saturated carbocycles. The van der Waals surface area contributed by atoms with Crippen LogP contribution in [0.25, 0.3) is 0 Å². The number of halogens is 1. The zero-order valence-electron chi connectivity index (χ0n) is 17.2. The van der Waals surface area contributed by atoms with E-state index in [9.17, 15) is 14.4 Å². The van der Waals surface area contributed by atoms with E-state index in [-0.39, 0.29) is 13.2 Å². The average molecular weight is 536 g/mol. The Labute approximate surface area is 188 Å². The van der Waals surface area contributed by atoms with Gasteiger partial charge in [-0.2, -0.15) is 0 Å². The van der Waals surface area contributed by atoms with Crippen molar-refractivity contribution < 1.29 is 42.8 Å². The lowest BCUT2D eigenvalue weighted by molar-refractivity contribution is -0.262. The molecule has 0 bridgehead atoms. The quantitative estimate of drug-likeness (QED) is 0.214. The van der Waals surface area contributed by atoms with E-state index in [0.717, 1.165) is 5.56 Å². The van der Waals surface area contributed by atoms with Crippen LogP contribution in [0, 0.1) is 0 Å². The Balaban J connectivity index is 2.20. The van der Waals surface area contributed by atoms with Crippen molar-refractivity contribution in [2.24, 2.45) is 0 Å². The van der Waals surface area contributed by atoms with E-state index >= 15 is 0 Å². The van der Waals surface area contributed by atoms with Crippen molar-refractivity contribution in [2.75, 3.05) is 13.7 Å². The normalized spacial score (nSPS) is 25.8. The van der Waals surface area contributed by atoms with Gasteiger partial charge in [-0.25, -0.2) is 0 Å². The Morgan fingerprint density at radius 1 is 1.03 bits per heavy atom. The zero-order valence-corrected chi connectivity index (χ0v) is 19.3. The van der Waals surface area contributed by atoms with Gasteiger partial charge in [-0.3, -0.25) is 14.4 Å². The summed E-state index contributed by atoms with van der Waals surface area (Å²) in [5.74, 6) is -0.951. The molecule has 0 unspecified atom stereocenters. The first-order chi connectivity index (χ1) is 14.2. The maximum absolute atomic E-state index is 11.7. The van der Waals surface area contributed by atoms with Crippen LogP contribution < -0.4 is 4.74 Å². The van der Waals surface area contributed by atoms with Crippen molar-refractivity contribution >= 4 is 40.5 Å². The molecule has 0 spiro atoms. The van der Waals surface area contributed by atoms with Crippen LogP contribution in [-0.2, 0) is 44.7 Å². The molecule has 0 amide bonds. The van der Waals surface area contributed by atoms with E-state index in [2.05, 4.69) is 0 Å². The fourth-order valence-electron chi connectivity index (χ4n) is 2.94. The Morgan fingerprint density at radius 2 is 1.70 bits per heavy atom. The van der Waals surface area contributed by atoms with E-state index in [1.807, 2.05) is 46.9 Å². The number of carbonyl (C=O) groups is 3. The summed E-state index contributed by atoms with van der Waals surface area (Å²) in [5.41, 5.74) is 0.851. The molecule has 0 aromatic heterocycles. The third-order valence-corrected chi connectivity index (χ3v) is 5.47. The van der Waals surface area contributed by atoms with E-state index in [1.165, 1.54) is 20.8 Å². The van der Waals surface area contributed by atoms with Gasteiger partial charge in [0.15, 0.2) is 18.5 Å². The summed E-state index contributed by atoms with van der Waals surface area (Å²) < 4.78 is 32.4. The van der Waals surface area contributed by atoms with Crippen LogP contribution in [-0.4, -0.2) is 60.2 Å². The van der Waals surface area contributed by atoms with E-state index < -0.39 is 46.4 Å². The third kappa shape index (κ3) is 7.10. The molecule has 166 valence electrons. The van der Waals surface area contributed by atoms with Crippen molar-refractivity contribution in [1.29, 1.82) is 0 Å². The van der Waals surface area contributed by atoms with Crippen LogP contribution in [0.4, 0.5) is 0 Å². The van der Waals surface area contributed by atoms with Gasteiger partial charge in [-0.05, 0) is 17.7 Å². The molecule has 1 aliphatic heterocycles. The lowest BCUT2D eigenvalue weighted by atomic mass is 10.0. The standard InChI is InChI=1S/C20H25IO9/c1-11(22)26-10-16-18(28-12(2)23)19(29-13(3)24)17(21)20(30-16)27-9-14-6-5-7-15(8-14)25-4/h5-8,16-20H,9-10H2,1-4H3/t16-,17+,18-,19-,20+/m1/s1. The SMILES string of the molecule is COc1cccc(CO[C@H]2O[C@H](COC(C)=O)[C@@H](OC(C)=O)[C@H](OC(C)=O)[C@@H]2I)c1. The highest BCUT2D eigenvalue weighted by molar-refractivity contribution is 14.1. The number of hydrogen-bond acceptors (Lipinski definition) is 9. The molecular formula is C20H25IO9. The number of esters is 3. The Kier molecular flexibility index (Phi) is 9.31. The highest BCUT2D eigenvalue weighted by Gasteiger charge is 2.49. The minimum absolute atomic E-state index is 0.187.